The number of anilines is 1. The van der Waals surface area contributed by atoms with Crippen molar-refractivity contribution in [2.45, 2.75) is 45.6 Å². The summed E-state index contributed by atoms with van der Waals surface area (Å²) in [5, 5.41) is 6.66. The molecule has 0 atom stereocenters. The molecule has 0 aliphatic heterocycles. The Morgan fingerprint density at radius 3 is 2.48 bits per heavy atom. The minimum Gasteiger partial charge on any atom is -0.489 e. The molecule has 3 aromatic rings. The summed E-state index contributed by atoms with van der Waals surface area (Å²) in [4.78, 5) is 27.3. The van der Waals surface area contributed by atoms with Gasteiger partial charge in [0, 0.05) is 24.1 Å². The van der Waals surface area contributed by atoms with Crippen LogP contribution < -0.4 is 15.8 Å². The van der Waals surface area contributed by atoms with Crippen molar-refractivity contribution in [2.75, 3.05) is 5.32 Å². The van der Waals surface area contributed by atoms with Gasteiger partial charge in [-0.15, -0.1) is 0 Å². The van der Waals surface area contributed by atoms with Crippen LogP contribution in [0.3, 0.4) is 0 Å². The summed E-state index contributed by atoms with van der Waals surface area (Å²) in [6, 6.07) is 12.6. The van der Waals surface area contributed by atoms with Crippen LogP contribution in [-0.2, 0) is 23.2 Å². The van der Waals surface area contributed by atoms with Gasteiger partial charge in [0.2, 0.25) is 5.91 Å². The largest absolute Gasteiger partial charge is 0.489 e. The van der Waals surface area contributed by atoms with E-state index in [2.05, 4.69) is 15.5 Å². The number of benzene rings is 1. The SMILES string of the molecule is CC(C)(C)c1cc(NC(=O)CCc2ccc(OCc3ccnc(C(N)=O)c3)cc2)no1. The summed E-state index contributed by atoms with van der Waals surface area (Å²) in [5.41, 5.74) is 7.09. The van der Waals surface area contributed by atoms with Gasteiger partial charge in [-0.3, -0.25) is 14.6 Å². The Hall–Kier alpha value is -3.68. The van der Waals surface area contributed by atoms with Crippen molar-refractivity contribution in [2.24, 2.45) is 5.73 Å². The van der Waals surface area contributed by atoms with Crippen LogP contribution in [0.15, 0.2) is 53.2 Å². The summed E-state index contributed by atoms with van der Waals surface area (Å²) in [6.07, 6.45) is 2.43. The second-order valence-corrected chi connectivity index (χ2v) is 8.22. The molecule has 3 N–H and O–H groups in total. The smallest absolute Gasteiger partial charge is 0.267 e. The average molecular weight is 422 g/mol. The highest BCUT2D eigenvalue weighted by Gasteiger charge is 2.20. The molecule has 3 rings (SSSR count). The van der Waals surface area contributed by atoms with Gasteiger partial charge < -0.3 is 20.3 Å². The molecule has 2 amide bonds. The number of carbonyl (C=O) groups excluding carboxylic acids is 2. The minimum atomic E-state index is -0.576. The van der Waals surface area contributed by atoms with Crippen LogP contribution in [0.1, 0.15) is 54.6 Å². The fraction of sp³-hybridized carbons (Fsp3) is 0.304. The molecule has 1 aromatic carbocycles. The molecule has 0 saturated carbocycles. The quantitative estimate of drug-likeness (QED) is 0.572. The number of nitrogens with one attached hydrogen (secondary N) is 1. The van der Waals surface area contributed by atoms with Crippen LogP contribution in [0.5, 0.6) is 5.75 Å². The number of amides is 2. The number of pyridine rings is 1. The normalized spacial score (nSPS) is 11.2. The van der Waals surface area contributed by atoms with Gasteiger partial charge in [0.1, 0.15) is 23.8 Å². The maximum Gasteiger partial charge on any atom is 0.267 e. The monoisotopic (exact) mass is 422 g/mol. The molecule has 8 heteroatoms. The zero-order valence-corrected chi connectivity index (χ0v) is 17.8. The molecule has 0 spiro atoms. The van der Waals surface area contributed by atoms with Crippen LogP contribution >= 0.6 is 0 Å². The van der Waals surface area contributed by atoms with Gasteiger partial charge in [-0.25, -0.2) is 0 Å². The van der Waals surface area contributed by atoms with Crippen molar-refractivity contribution in [3.63, 3.8) is 0 Å². The fourth-order valence-corrected chi connectivity index (χ4v) is 2.77. The summed E-state index contributed by atoms with van der Waals surface area (Å²) in [5.74, 6) is 1.12. The van der Waals surface area contributed by atoms with Crippen molar-refractivity contribution in [1.29, 1.82) is 0 Å². The molecule has 0 bridgehead atoms. The first-order valence-electron chi connectivity index (χ1n) is 9.94. The van der Waals surface area contributed by atoms with Crippen LogP contribution in [0.2, 0.25) is 0 Å². The van der Waals surface area contributed by atoms with E-state index in [0.717, 1.165) is 16.9 Å². The number of nitrogens with zero attached hydrogens (tertiary/aromatic N) is 2. The van der Waals surface area contributed by atoms with E-state index in [-0.39, 0.29) is 17.0 Å². The highest BCUT2D eigenvalue weighted by molar-refractivity contribution is 5.91. The summed E-state index contributed by atoms with van der Waals surface area (Å²) in [6.45, 7) is 6.34. The van der Waals surface area contributed by atoms with E-state index in [1.54, 1.807) is 18.2 Å². The summed E-state index contributed by atoms with van der Waals surface area (Å²) in [7, 11) is 0. The molecule has 0 radical (unpaired) electrons. The van der Waals surface area contributed by atoms with E-state index in [1.807, 2.05) is 45.0 Å². The van der Waals surface area contributed by atoms with Gasteiger partial charge >= 0.3 is 0 Å². The molecule has 0 aliphatic carbocycles. The minimum absolute atomic E-state index is 0.128. The van der Waals surface area contributed by atoms with Crippen molar-refractivity contribution < 1.29 is 18.8 Å². The lowest BCUT2D eigenvalue weighted by Crippen LogP contribution is -2.13. The maximum atomic E-state index is 12.2. The van der Waals surface area contributed by atoms with Gasteiger partial charge in [-0.2, -0.15) is 0 Å². The number of aryl methyl sites for hydroxylation is 1. The van der Waals surface area contributed by atoms with Crippen LogP contribution in [0.25, 0.3) is 0 Å². The Labute approximate surface area is 180 Å². The van der Waals surface area contributed by atoms with Gasteiger partial charge in [-0.1, -0.05) is 38.1 Å². The molecule has 2 heterocycles. The molecular formula is C23H26N4O4. The number of aromatic nitrogens is 2. The molecule has 162 valence electrons. The van der Waals surface area contributed by atoms with Crippen molar-refractivity contribution in [1.82, 2.24) is 10.1 Å². The van der Waals surface area contributed by atoms with E-state index >= 15 is 0 Å². The highest BCUT2D eigenvalue weighted by atomic mass is 16.5. The standard InChI is InChI=1S/C23H26N4O4/c1-23(2,3)19-13-20(27-31-19)26-21(28)9-6-15-4-7-17(8-5-15)30-14-16-10-11-25-18(12-16)22(24)29/h4-5,7-8,10-13H,6,9,14H2,1-3H3,(H2,24,29)(H,26,27,28). The van der Waals surface area contributed by atoms with Crippen molar-refractivity contribution in [3.05, 3.63) is 71.2 Å². The van der Waals surface area contributed by atoms with E-state index < -0.39 is 5.91 Å². The van der Waals surface area contributed by atoms with Crippen molar-refractivity contribution in [3.8, 4) is 5.75 Å². The first kappa shape index (κ1) is 22.0. The molecule has 0 aliphatic rings. The molecule has 8 nitrogen and oxygen atoms in total. The number of ether oxygens (including phenoxy) is 1. The van der Waals surface area contributed by atoms with E-state index in [1.165, 1.54) is 6.20 Å². The second-order valence-electron chi connectivity index (χ2n) is 8.22. The lowest BCUT2D eigenvalue weighted by atomic mass is 9.93. The van der Waals surface area contributed by atoms with Gasteiger partial charge in [0.25, 0.3) is 5.91 Å². The number of carbonyl (C=O) groups is 2. The predicted molar refractivity (Wildman–Crippen MR) is 116 cm³/mol. The first-order chi connectivity index (χ1) is 14.7. The van der Waals surface area contributed by atoms with Gasteiger partial charge in [-0.05, 0) is 41.8 Å². The number of rotatable bonds is 8. The molecular weight excluding hydrogens is 396 g/mol. The summed E-state index contributed by atoms with van der Waals surface area (Å²) < 4.78 is 11.0. The lowest BCUT2D eigenvalue weighted by molar-refractivity contribution is -0.116. The zero-order valence-electron chi connectivity index (χ0n) is 17.8. The molecule has 0 saturated heterocycles. The Bertz CT molecular complexity index is 1050. The van der Waals surface area contributed by atoms with Crippen LogP contribution in [0, 0.1) is 0 Å². The first-order valence-corrected chi connectivity index (χ1v) is 9.94. The number of primary amides is 1. The van der Waals surface area contributed by atoms with E-state index in [0.29, 0.717) is 31.0 Å². The Morgan fingerprint density at radius 2 is 1.84 bits per heavy atom. The van der Waals surface area contributed by atoms with Crippen LogP contribution in [0.4, 0.5) is 5.82 Å². The third-order valence-corrected chi connectivity index (χ3v) is 4.56. The Morgan fingerprint density at radius 1 is 1.10 bits per heavy atom. The zero-order chi connectivity index (χ0) is 22.4. The van der Waals surface area contributed by atoms with Crippen molar-refractivity contribution >= 4 is 17.6 Å². The summed E-state index contributed by atoms with van der Waals surface area (Å²) >= 11 is 0. The molecule has 0 unspecified atom stereocenters. The van der Waals surface area contributed by atoms with Crippen LogP contribution in [-0.4, -0.2) is 22.0 Å². The van der Waals surface area contributed by atoms with Gasteiger partial charge in [0.15, 0.2) is 5.82 Å². The number of hydrogen-bond donors (Lipinski definition) is 2. The molecule has 0 fully saturated rings. The number of nitrogens with two attached hydrogens (primary N) is 1. The van der Waals surface area contributed by atoms with E-state index in [9.17, 15) is 9.59 Å². The third kappa shape index (κ3) is 6.40. The second kappa shape index (κ2) is 9.42. The maximum absolute atomic E-state index is 12.2. The van der Waals surface area contributed by atoms with Gasteiger partial charge in [0.05, 0.1) is 0 Å². The Balaban J connectivity index is 1.47. The average Bonchev–Trinajstić information content (AvgIpc) is 3.21. The topological polar surface area (TPSA) is 120 Å². The fourth-order valence-electron chi connectivity index (χ4n) is 2.77. The Kier molecular flexibility index (Phi) is 6.69. The molecule has 31 heavy (non-hydrogen) atoms. The highest BCUT2D eigenvalue weighted by Crippen LogP contribution is 2.24. The lowest BCUT2D eigenvalue weighted by Gasteiger charge is -2.12. The van der Waals surface area contributed by atoms with E-state index in [4.69, 9.17) is 15.0 Å². The third-order valence-electron chi connectivity index (χ3n) is 4.56. The molecule has 2 aromatic heterocycles. The number of hydrogen-bond acceptors (Lipinski definition) is 6. The predicted octanol–water partition coefficient (Wildman–Crippen LogP) is 3.62.